The standard InChI is InChI=1S/C17H17N5OS/c18-12-6-13(7-12)20-16(23)15-10-24-17(21-15)11-8-19-22(9-11)14-4-2-1-3-5-14/h1-5,8-10,12-13H,6-7,18H2,(H,20,23). The lowest BCUT2D eigenvalue weighted by molar-refractivity contribution is 0.0906. The molecule has 4 rings (SSSR count). The second kappa shape index (κ2) is 6.18. The Balaban J connectivity index is 1.49. The molecule has 0 unspecified atom stereocenters. The van der Waals surface area contributed by atoms with Crippen molar-refractivity contribution in [2.24, 2.45) is 5.73 Å². The van der Waals surface area contributed by atoms with Gasteiger partial charge in [-0.2, -0.15) is 5.10 Å². The average molecular weight is 339 g/mol. The van der Waals surface area contributed by atoms with E-state index in [9.17, 15) is 4.79 Å². The minimum atomic E-state index is -0.134. The van der Waals surface area contributed by atoms with E-state index in [-0.39, 0.29) is 18.0 Å². The van der Waals surface area contributed by atoms with E-state index >= 15 is 0 Å². The lowest BCUT2D eigenvalue weighted by atomic mass is 9.87. The number of hydrogen-bond donors (Lipinski definition) is 2. The number of nitrogens with zero attached hydrogens (tertiary/aromatic N) is 3. The Kier molecular flexibility index (Phi) is 3.87. The minimum absolute atomic E-state index is 0.134. The predicted molar refractivity (Wildman–Crippen MR) is 93.1 cm³/mol. The maximum Gasteiger partial charge on any atom is 0.270 e. The number of nitrogens with one attached hydrogen (secondary N) is 1. The van der Waals surface area contributed by atoms with Crippen molar-refractivity contribution in [2.45, 2.75) is 24.9 Å². The highest BCUT2D eigenvalue weighted by Crippen LogP contribution is 2.25. The van der Waals surface area contributed by atoms with Crippen LogP contribution in [0.5, 0.6) is 0 Å². The quantitative estimate of drug-likeness (QED) is 0.763. The van der Waals surface area contributed by atoms with Crippen LogP contribution >= 0.6 is 11.3 Å². The molecule has 7 heteroatoms. The lowest BCUT2D eigenvalue weighted by Crippen LogP contribution is -2.50. The molecule has 0 saturated heterocycles. The zero-order chi connectivity index (χ0) is 16.5. The second-order valence-electron chi connectivity index (χ2n) is 5.95. The van der Waals surface area contributed by atoms with E-state index in [2.05, 4.69) is 15.4 Å². The van der Waals surface area contributed by atoms with Crippen LogP contribution in [0, 0.1) is 0 Å². The first-order valence-corrected chi connectivity index (χ1v) is 8.69. The first-order chi connectivity index (χ1) is 11.7. The summed E-state index contributed by atoms with van der Waals surface area (Å²) in [4.78, 5) is 16.6. The van der Waals surface area contributed by atoms with Crippen molar-refractivity contribution in [1.82, 2.24) is 20.1 Å². The Labute approximate surface area is 143 Å². The van der Waals surface area contributed by atoms with Crippen LogP contribution in [0.3, 0.4) is 0 Å². The molecule has 0 radical (unpaired) electrons. The SMILES string of the molecule is NC1CC(NC(=O)c2csc(-c3cnn(-c4ccccc4)c3)n2)C1. The van der Waals surface area contributed by atoms with E-state index in [4.69, 9.17) is 5.73 Å². The number of aromatic nitrogens is 3. The van der Waals surface area contributed by atoms with Crippen LogP contribution in [0.2, 0.25) is 0 Å². The van der Waals surface area contributed by atoms with Crippen molar-refractivity contribution in [3.05, 3.63) is 53.8 Å². The Morgan fingerprint density at radius 3 is 2.83 bits per heavy atom. The number of carbonyl (C=O) groups excluding carboxylic acids is 1. The largest absolute Gasteiger partial charge is 0.348 e. The van der Waals surface area contributed by atoms with Crippen molar-refractivity contribution in [3.63, 3.8) is 0 Å². The monoisotopic (exact) mass is 339 g/mol. The van der Waals surface area contributed by atoms with Crippen LogP contribution in [-0.2, 0) is 0 Å². The van der Waals surface area contributed by atoms with Crippen molar-refractivity contribution in [1.29, 1.82) is 0 Å². The molecule has 0 bridgehead atoms. The molecule has 122 valence electrons. The van der Waals surface area contributed by atoms with E-state index in [0.717, 1.165) is 29.1 Å². The number of amides is 1. The molecule has 2 heterocycles. The number of hydrogen-bond acceptors (Lipinski definition) is 5. The number of rotatable bonds is 4. The third kappa shape index (κ3) is 2.95. The highest BCUT2D eigenvalue weighted by molar-refractivity contribution is 7.13. The Morgan fingerprint density at radius 1 is 1.29 bits per heavy atom. The smallest absolute Gasteiger partial charge is 0.270 e. The number of carbonyl (C=O) groups is 1. The van der Waals surface area contributed by atoms with Crippen molar-refractivity contribution >= 4 is 17.2 Å². The second-order valence-corrected chi connectivity index (χ2v) is 6.81. The normalized spacial score (nSPS) is 19.7. The molecule has 3 aromatic rings. The molecular weight excluding hydrogens is 322 g/mol. The van der Waals surface area contributed by atoms with Gasteiger partial charge in [-0.3, -0.25) is 4.79 Å². The van der Waals surface area contributed by atoms with Crippen molar-refractivity contribution in [3.8, 4) is 16.3 Å². The van der Waals surface area contributed by atoms with Crippen LogP contribution in [0.4, 0.5) is 0 Å². The molecule has 1 aliphatic rings. The van der Waals surface area contributed by atoms with Crippen LogP contribution in [-0.4, -0.2) is 32.8 Å². The van der Waals surface area contributed by atoms with E-state index in [1.165, 1.54) is 11.3 Å². The molecule has 1 saturated carbocycles. The molecule has 0 spiro atoms. The predicted octanol–water partition coefficient (Wildman–Crippen LogP) is 2.22. The van der Waals surface area contributed by atoms with Crippen LogP contribution in [0.1, 0.15) is 23.3 Å². The third-order valence-electron chi connectivity index (χ3n) is 4.10. The zero-order valence-corrected chi connectivity index (χ0v) is 13.7. The van der Waals surface area contributed by atoms with Gasteiger partial charge in [-0.05, 0) is 25.0 Å². The summed E-state index contributed by atoms with van der Waals surface area (Å²) in [5.74, 6) is -0.134. The maximum absolute atomic E-state index is 12.2. The van der Waals surface area contributed by atoms with Gasteiger partial charge in [-0.15, -0.1) is 11.3 Å². The molecule has 0 aliphatic heterocycles. The number of thiazole rings is 1. The van der Waals surface area contributed by atoms with Gasteiger partial charge in [0, 0.05) is 29.2 Å². The van der Waals surface area contributed by atoms with Gasteiger partial charge >= 0.3 is 0 Å². The summed E-state index contributed by atoms with van der Waals surface area (Å²) in [5.41, 5.74) is 8.07. The molecule has 6 nitrogen and oxygen atoms in total. The van der Waals surface area contributed by atoms with E-state index in [0.29, 0.717) is 5.69 Å². The first-order valence-electron chi connectivity index (χ1n) is 7.81. The zero-order valence-electron chi connectivity index (χ0n) is 12.9. The molecule has 2 aromatic heterocycles. The lowest BCUT2D eigenvalue weighted by Gasteiger charge is -2.32. The number of para-hydroxylation sites is 1. The molecule has 1 aliphatic carbocycles. The Hall–Kier alpha value is -2.51. The summed E-state index contributed by atoms with van der Waals surface area (Å²) in [5, 5.41) is 9.89. The molecule has 3 N–H and O–H groups in total. The maximum atomic E-state index is 12.2. The van der Waals surface area contributed by atoms with Gasteiger partial charge in [0.1, 0.15) is 10.7 Å². The third-order valence-corrected chi connectivity index (χ3v) is 4.99. The van der Waals surface area contributed by atoms with Gasteiger partial charge in [0.2, 0.25) is 0 Å². The van der Waals surface area contributed by atoms with Crippen molar-refractivity contribution < 1.29 is 4.79 Å². The van der Waals surface area contributed by atoms with Crippen LogP contribution < -0.4 is 11.1 Å². The van der Waals surface area contributed by atoms with Gasteiger partial charge in [-0.1, -0.05) is 18.2 Å². The molecule has 1 aromatic carbocycles. The van der Waals surface area contributed by atoms with Gasteiger partial charge in [0.05, 0.1) is 11.9 Å². The van der Waals surface area contributed by atoms with Gasteiger partial charge < -0.3 is 11.1 Å². The van der Waals surface area contributed by atoms with Gasteiger partial charge in [0.25, 0.3) is 5.91 Å². The van der Waals surface area contributed by atoms with Crippen LogP contribution in [0.25, 0.3) is 16.3 Å². The molecule has 1 fully saturated rings. The summed E-state index contributed by atoms with van der Waals surface area (Å²) < 4.78 is 1.80. The topological polar surface area (TPSA) is 85.8 Å². The summed E-state index contributed by atoms with van der Waals surface area (Å²) in [6.07, 6.45) is 5.36. The highest BCUT2D eigenvalue weighted by atomic mass is 32.1. The highest BCUT2D eigenvalue weighted by Gasteiger charge is 2.28. The summed E-state index contributed by atoms with van der Waals surface area (Å²) >= 11 is 1.44. The molecule has 1 amide bonds. The molecule has 24 heavy (non-hydrogen) atoms. The Bertz CT molecular complexity index is 851. The number of benzene rings is 1. The summed E-state index contributed by atoms with van der Waals surface area (Å²) in [7, 11) is 0. The summed E-state index contributed by atoms with van der Waals surface area (Å²) in [6.45, 7) is 0. The van der Waals surface area contributed by atoms with Crippen molar-refractivity contribution in [2.75, 3.05) is 0 Å². The van der Waals surface area contributed by atoms with Gasteiger partial charge in [-0.25, -0.2) is 9.67 Å². The Morgan fingerprint density at radius 2 is 2.08 bits per heavy atom. The average Bonchev–Trinajstić information content (AvgIpc) is 3.23. The fourth-order valence-corrected chi connectivity index (χ4v) is 3.48. The van der Waals surface area contributed by atoms with E-state index in [1.54, 1.807) is 16.3 Å². The summed E-state index contributed by atoms with van der Waals surface area (Å²) in [6, 6.07) is 10.3. The molecular formula is C17H17N5OS. The fourth-order valence-electron chi connectivity index (χ4n) is 2.70. The fraction of sp³-hybridized carbons (Fsp3) is 0.235. The van der Waals surface area contributed by atoms with Crippen LogP contribution in [0.15, 0.2) is 48.1 Å². The first kappa shape index (κ1) is 15.0. The number of nitrogens with two attached hydrogens (primary N) is 1. The molecule has 0 atom stereocenters. The minimum Gasteiger partial charge on any atom is -0.348 e. The van der Waals surface area contributed by atoms with E-state index < -0.39 is 0 Å². The van der Waals surface area contributed by atoms with E-state index in [1.807, 2.05) is 36.5 Å². The van der Waals surface area contributed by atoms with Gasteiger partial charge in [0.15, 0.2) is 0 Å².